The number of nitrogens with zero attached hydrogens (tertiary/aromatic N) is 3. The lowest BCUT2D eigenvalue weighted by molar-refractivity contribution is -0.133. The maximum absolute atomic E-state index is 13.0. The first-order chi connectivity index (χ1) is 14.1. The smallest absolute Gasteiger partial charge is 0.251 e. The van der Waals surface area contributed by atoms with Gasteiger partial charge in [0.1, 0.15) is 6.54 Å². The van der Waals surface area contributed by atoms with Gasteiger partial charge in [-0.05, 0) is 18.9 Å². The Labute approximate surface area is 178 Å². The van der Waals surface area contributed by atoms with Gasteiger partial charge in [0.05, 0.1) is 16.4 Å². The predicted molar refractivity (Wildman–Crippen MR) is 114 cm³/mol. The average Bonchev–Trinajstić information content (AvgIpc) is 3.04. The van der Waals surface area contributed by atoms with Gasteiger partial charge in [-0.25, -0.2) is 16.8 Å². The Morgan fingerprint density at radius 3 is 2.40 bits per heavy atom. The second kappa shape index (κ2) is 10.1. The molecule has 2 heterocycles. The molecule has 1 unspecified atom stereocenters. The van der Waals surface area contributed by atoms with Crippen LogP contribution in [0, 0.1) is 0 Å². The summed E-state index contributed by atoms with van der Waals surface area (Å²) in [6.45, 7) is 6.07. The van der Waals surface area contributed by atoms with Gasteiger partial charge >= 0.3 is 0 Å². The quantitative estimate of drug-likeness (QED) is 0.507. The molecule has 0 N–H and O–H groups in total. The van der Waals surface area contributed by atoms with Gasteiger partial charge in [0.2, 0.25) is 15.9 Å². The van der Waals surface area contributed by atoms with Gasteiger partial charge in [0.15, 0.2) is 9.84 Å². The molecule has 9 nitrogen and oxygen atoms in total. The van der Waals surface area contributed by atoms with E-state index in [9.17, 15) is 26.4 Å². The lowest BCUT2D eigenvalue weighted by Gasteiger charge is -2.28. The number of unbranched alkanes of at least 4 members (excludes halogenated alkanes) is 1. The molecule has 1 atom stereocenters. The van der Waals surface area contributed by atoms with Crippen molar-refractivity contribution in [1.29, 1.82) is 0 Å². The number of carbonyl (C=O) groups excluding carboxylic acids is 1. The van der Waals surface area contributed by atoms with Gasteiger partial charge in [-0.2, -0.15) is 4.31 Å². The first-order valence-electron chi connectivity index (χ1n) is 10.3. The van der Waals surface area contributed by atoms with Crippen molar-refractivity contribution in [3.63, 3.8) is 0 Å². The highest BCUT2D eigenvalue weighted by Gasteiger charge is 2.34. The van der Waals surface area contributed by atoms with E-state index in [2.05, 4.69) is 0 Å². The molecule has 1 fully saturated rings. The molecule has 1 aromatic rings. The third kappa shape index (κ3) is 5.70. The van der Waals surface area contributed by atoms with Crippen LogP contribution in [0.15, 0.2) is 28.0 Å². The highest BCUT2D eigenvalue weighted by Crippen LogP contribution is 2.19. The Balaban J connectivity index is 2.30. The zero-order chi connectivity index (χ0) is 22.5. The van der Waals surface area contributed by atoms with Crippen LogP contribution < -0.4 is 5.56 Å². The lowest BCUT2D eigenvalue weighted by atomic mass is 10.2. The molecule has 1 aliphatic heterocycles. The van der Waals surface area contributed by atoms with Gasteiger partial charge in [0, 0.05) is 37.9 Å². The fraction of sp³-hybridized carbons (Fsp3) is 0.684. The standard InChI is InChI=1S/C19H31N3O6S2/c1-4-7-11-22(16-10-12-29(25,26)15-16)19(24)14-20-13-17(8-9-18(20)23)30(27,28)21(5-2)6-3/h8-9,13,16H,4-7,10-12,14-15H2,1-3H3. The van der Waals surface area contributed by atoms with Crippen LogP contribution in [0.3, 0.4) is 0 Å². The first-order valence-corrected chi connectivity index (χ1v) is 13.5. The highest BCUT2D eigenvalue weighted by molar-refractivity contribution is 7.91. The van der Waals surface area contributed by atoms with E-state index in [1.807, 2.05) is 6.92 Å². The topological polar surface area (TPSA) is 114 Å². The molecule has 1 saturated heterocycles. The summed E-state index contributed by atoms with van der Waals surface area (Å²) in [5.41, 5.74) is -0.490. The number of aromatic nitrogens is 1. The average molecular weight is 462 g/mol. The molecule has 170 valence electrons. The normalized spacial score (nSPS) is 18.6. The van der Waals surface area contributed by atoms with Crippen molar-refractivity contribution in [2.45, 2.75) is 57.5 Å². The highest BCUT2D eigenvalue weighted by atomic mass is 32.2. The lowest BCUT2D eigenvalue weighted by Crippen LogP contribution is -2.44. The minimum absolute atomic E-state index is 0.0467. The summed E-state index contributed by atoms with van der Waals surface area (Å²) in [5.74, 6) is -0.413. The third-order valence-corrected chi connectivity index (χ3v) is 9.11. The SMILES string of the molecule is CCCCN(C(=O)Cn1cc(S(=O)(=O)N(CC)CC)ccc1=O)C1CCS(=O)(=O)C1. The molecule has 2 rings (SSSR count). The number of hydrogen-bond acceptors (Lipinski definition) is 6. The number of amides is 1. The zero-order valence-corrected chi connectivity index (χ0v) is 19.4. The molecule has 11 heteroatoms. The summed E-state index contributed by atoms with van der Waals surface area (Å²) in [6, 6.07) is 1.97. The third-order valence-electron chi connectivity index (χ3n) is 5.33. The summed E-state index contributed by atoms with van der Waals surface area (Å²) in [4.78, 5) is 26.8. The number of pyridine rings is 1. The summed E-state index contributed by atoms with van der Waals surface area (Å²) < 4.78 is 51.6. The van der Waals surface area contributed by atoms with E-state index < -0.39 is 31.5 Å². The predicted octanol–water partition coefficient (Wildman–Crippen LogP) is 0.695. The fourth-order valence-electron chi connectivity index (χ4n) is 3.60. The van der Waals surface area contributed by atoms with Crippen LogP contribution in [-0.2, 0) is 31.2 Å². The molecule has 0 bridgehead atoms. The van der Waals surface area contributed by atoms with E-state index in [-0.39, 0.29) is 41.9 Å². The van der Waals surface area contributed by atoms with Crippen LogP contribution in [-0.4, -0.2) is 73.7 Å². The fourth-order valence-corrected chi connectivity index (χ4v) is 6.80. The monoisotopic (exact) mass is 461 g/mol. The van der Waals surface area contributed by atoms with Crippen molar-refractivity contribution in [3.8, 4) is 0 Å². The number of sulfonamides is 1. The van der Waals surface area contributed by atoms with Crippen LogP contribution >= 0.6 is 0 Å². The summed E-state index contributed by atoms with van der Waals surface area (Å²) in [5, 5.41) is 0. The molecule has 1 aromatic heterocycles. The van der Waals surface area contributed by atoms with Gasteiger partial charge in [-0.15, -0.1) is 0 Å². The minimum atomic E-state index is -3.77. The maximum Gasteiger partial charge on any atom is 0.251 e. The van der Waals surface area contributed by atoms with Gasteiger partial charge in [-0.1, -0.05) is 27.2 Å². The van der Waals surface area contributed by atoms with Crippen molar-refractivity contribution in [2.75, 3.05) is 31.1 Å². The van der Waals surface area contributed by atoms with Crippen molar-refractivity contribution >= 4 is 25.8 Å². The summed E-state index contributed by atoms with van der Waals surface area (Å²) in [6.07, 6.45) is 3.12. The van der Waals surface area contributed by atoms with Gasteiger partial charge in [-0.3, -0.25) is 9.59 Å². The van der Waals surface area contributed by atoms with Crippen molar-refractivity contribution in [3.05, 3.63) is 28.7 Å². The number of carbonyl (C=O) groups is 1. The van der Waals surface area contributed by atoms with Gasteiger partial charge in [0.25, 0.3) is 5.56 Å². The Kier molecular flexibility index (Phi) is 8.23. The molecular weight excluding hydrogens is 430 g/mol. The second-order valence-electron chi connectivity index (χ2n) is 7.42. The summed E-state index contributed by atoms with van der Waals surface area (Å²) >= 11 is 0. The first kappa shape index (κ1) is 24.5. The molecule has 30 heavy (non-hydrogen) atoms. The van der Waals surface area contributed by atoms with Gasteiger partial charge < -0.3 is 9.47 Å². The second-order valence-corrected chi connectivity index (χ2v) is 11.6. The number of sulfone groups is 1. The van der Waals surface area contributed by atoms with Crippen molar-refractivity contribution in [2.24, 2.45) is 0 Å². The zero-order valence-electron chi connectivity index (χ0n) is 17.8. The van der Waals surface area contributed by atoms with E-state index in [0.717, 1.165) is 17.1 Å². The molecule has 0 aliphatic carbocycles. The number of rotatable bonds is 10. The van der Waals surface area contributed by atoms with Crippen molar-refractivity contribution in [1.82, 2.24) is 13.8 Å². The largest absolute Gasteiger partial charge is 0.337 e. The molecule has 1 aliphatic rings. The molecule has 0 radical (unpaired) electrons. The van der Waals surface area contributed by atoms with Crippen LogP contribution in [0.1, 0.15) is 40.0 Å². The maximum atomic E-state index is 13.0. The molecular formula is C19H31N3O6S2. The molecule has 0 aromatic carbocycles. The van der Waals surface area contributed by atoms with Crippen LogP contribution in [0.2, 0.25) is 0 Å². The Morgan fingerprint density at radius 1 is 1.20 bits per heavy atom. The number of hydrogen-bond donors (Lipinski definition) is 0. The molecule has 0 saturated carbocycles. The Bertz CT molecular complexity index is 1010. The van der Waals surface area contributed by atoms with Crippen LogP contribution in [0.25, 0.3) is 0 Å². The summed E-state index contributed by atoms with van der Waals surface area (Å²) in [7, 11) is -6.94. The van der Waals surface area contributed by atoms with E-state index in [1.54, 1.807) is 13.8 Å². The van der Waals surface area contributed by atoms with E-state index in [1.165, 1.54) is 21.5 Å². The minimum Gasteiger partial charge on any atom is -0.337 e. The van der Waals surface area contributed by atoms with Crippen molar-refractivity contribution < 1.29 is 21.6 Å². The van der Waals surface area contributed by atoms with E-state index in [0.29, 0.717) is 19.4 Å². The molecule has 1 amide bonds. The van der Waals surface area contributed by atoms with Crippen LogP contribution in [0.5, 0.6) is 0 Å². The van der Waals surface area contributed by atoms with E-state index in [4.69, 9.17) is 0 Å². The van der Waals surface area contributed by atoms with E-state index >= 15 is 0 Å². The molecule has 0 spiro atoms. The Morgan fingerprint density at radius 2 is 1.87 bits per heavy atom. The van der Waals surface area contributed by atoms with Crippen LogP contribution in [0.4, 0.5) is 0 Å². The Hall–Kier alpha value is -1.72.